The first-order valence-electron chi connectivity index (χ1n) is 7.30. The highest BCUT2D eigenvalue weighted by Crippen LogP contribution is 2.39. The number of rotatable bonds is 3. The van der Waals surface area contributed by atoms with Crippen molar-refractivity contribution in [2.75, 3.05) is 0 Å². The summed E-state index contributed by atoms with van der Waals surface area (Å²) in [6, 6.07) is 11.8. The predicted octanol–water partition coefficient (Wildman–Crippen LogP) is 3.45. The van der Waals surface area contributed by atoms with Crippen molar-refractivity contribution in [1.29, 1.82) is 0 Å². The zero-order valence-corrected chi connectivity index (χ0v) is 12.6. The minimum Gasteiger partial charge on any atom is -0.510 e. The maximum atomic E-state index is 11.0. The molecule has 0 aliphatic heterocycles. The first-order chi connectivity index (χ1) is 11.5. The van der Waals surface area contributed by atoms with Gasteiger partial charge in [-0.1, -0.05) is 42.5 Å². The molecule has 0 fully saturated rings. The fraction of sp³-hybridized carbons (Fsp3) is 0.111. The van der Waals surface area contributed by atoms with E-state index >= 15 is 0 Å². The lowest BCUT2D eigenvalue weighted by Crippen LogP contribution is -2.39. The highest BCUT2D eigenvalue weighted by atomic mass is 16.3. The van der Waals surface area contributed by atoms with Crippen molar-refractivity contribution in [1.82, 2.24) is 0 Å². The molecule has 0 bridgehead atoms. The van der Waals surface area contributed by atoms with Crippen LogP contribution in [0.25, 0.3) is 0 Å². The molecule has 122 valence electrons. The van der Waals surface area contributed by atoms with Crippen LogP contribution in [0.5, 0.6) is 11.5 Å². The zero-order chi connectivity index (χ0) is 17.2. The second kappa shape index (κ2) is 6.17. The van der Waals surface area contributed by atoms with Crippen molar-refractivity contribution in [2.45, 2.75) is 11.6 Å². The van der Waals surface area contributed by atoms with Crippen LogP contribution in [0.2, 0.25) is 0 Å². The molecule has 24 heavy (non-hydrogen) atoms. The standard InChI is InChI=1S/C18H16N2O4/c21-13-8-4-9-14(22)16(13)19-20-17-15(23)10-5-11-18(17,24)12-6-2-1-3-7-12/h1-11,17,21-24H. The van der Waals surface area contributed by atoms with Crippen LogP contribution in [-0.2, 0) is 5.60 Å². The smallest absolute Gasteiger partial charge is 0.168 e. The van der Waals surface area contributed by atoms with E-state index in [0.29, 0.717) is 5.56 Å². The molecule has 0 spiro atoms. The number of hydrogen-bond donors (Lipinski definition) is 4. The predicted molar refractivity (Wildman–Crippen MR) is 88.3 cm³/mol. The summed E-state index contributed by atoms with van der Waals surface area (Å²) < 4.78 is 0. The molecule has 2 unspecified atom stereocenters. The monoisotopic (exact) mass is 324 g/mol. The van der Waals surface area contributed by atoms with E-state index < -0.39 is 11.6 Å². The summed E-state index contributed by atoms with van der Waals surface area (Å²) in [5, 5.41) is 48.5. The third-order valence-corrected chi connectivity index (χ3v) is 3.82. The van der Waals surface area contributed by atoms with Gasteiger partial charge < -0.3 is 20.4 Å². The Balaban J connectivity index is 2.02. The molecule has 2 aromatic rings. The Kier molecular flexibility index (Phi) is 4.05. The number of allylic oxidation sites excluding steroid dienone is 2. The van der Waals surface area contributed by atoms with Gasteiger partial charge in [-0.15, -0.1) is 5.11 Å². The van der Waals surface area contributed by atoms with Crippen molar-refractivity contribution in [3.63, 3.8) is 0 Å². The fourth-order valence-corrected chi connectivity index (χ4v) is 2.54. The molecule has 0 heterocycles. The summed E-state index contributed by atoms with van der Waals surface area (Å²) in [6.07, 6.45) is 4.45. The number of aromatic hydroxyl groups is 2. The van der Waals surface area contributed by atoms with Crippen LogP contribution in [0.4, 0.5) is 5.69 Å². The molecule has 0 amide bonds. The first-order valence-corrected chi connectivity index (χ1v) is 7.30. The molecule has 0 aromatic heterocycles. The number of azo groups is 1. The largest absolute Gasteiger partial charge is 0.510 e. The summed E-state index contributed by atoms with van der Waals surface area (Å²) in [7, 11) is 0. The summed E-state index contributed by atoms with van der Waals surface area (Å²) in [4.78, 5) is 0. The van der Waals surface area contributed by atoms with Crippen molar-refractivity contribution in [3.05, 3.63) is 78.1 Å². The van der Waals surface area contributed by atoms with Gasteiger partial charge in [-0.2, -0.15) is 5.11 Å². The van der Waals surface area contributed by atoms with Gasteiger partial charge in [0.2, 0.25) is 0 Å². The van der Waals surface area contributed by atoms with E-state index in [9.17, 15) is 20.4 Å². The van der Waals surface area contributed by atoms with Gasteiger partial charge in [-0.3, -0.25) is 0 Å². The van der Waals surface area contributed by atoms with Crippen LogP contribution in [0, 0.1) is 0 Å². The molecule has 0 saturated carbocycles. The minimum atomic E-state index is -1.59. The lowest BCUT2D eigenvalue weighted by atomic mass is 9.83. The Morgan fingerprint density at radius 1 is 0.875 bits per heavy atom. The number of nitrogens with zero attached hydrogens (tertiary/aromatic N) is 2. The van der Waals surface area contributed by atoms with E-state index in [2.05, 4.69) is 10.2 Å². The Labute approximate surface area is 138 Å². The number of phenols is 2. The molecule has 1 aliphatic carbocycles. The quantitative estimate of drug-likeness (QED) is 0.649. The van der Waals surface area contributed by atoms with Crippen LogP contribution in [0.15, 0.2) is 82.7 Å². The van der Waals surface area contributed by atoms with Gasteiger partial charge in [-0.05, 0) is 29.8 Å². The third-order valence-electron chi connectivity index (χ3n) is 3.82. The van der Waals surface area contributed by atoms with Gasteiger partial charge in [0.25, 0.3) is 0 Å². The molecule has 1 aliphatic rings. The molecular weight excluding hydrogens is 308 g/mol. The summed E-state index contributed by atoms with van der Waals surface area (Å²) in [5.41, 5.74) is -1.19. The van der Waals surface area contributed by atoms with Crippen LogP contribution >= 0.6 is 0 Å². The Morgan fingerprint density at radius 2 is 1.54 bits per heavy atom. The van der Waals surface area contributed by atoms with Gasteiger partial charge in [0.1, 0.15) is 22.9 Å². The molecule has 0 saturated heterocycles. The van der Waals surface area contributed by atoms with Gasteiger partial charge in [0.15, 0.2) is 11.7 Å². The minimum absolute atomic E-state index is 0.129. The Bertz CT molecular complexity index is 810. The Morgan fingerprint density at radius 3 is 2.21 bits per heavy atom. The molecule has 6 nitrogen and oxygen atoms in total. The van der Waals surface area contributed by atoms with Crippen LogP contribution in [-0.4, -0.2) is 26.5 Å². The number of benzene rings is 2. The van der Waals surface area contributed by atoms with Crippen molar-refractivity contribution >= 4 is 5.69 Å². The van der Waals surface area contributed by atoms with Crippen molar-refractivity contribution in [2.24, 2.45) is 10.2 Å². The molecule has 0 radical (unpaired) electrons. The lowest BCUT2D eigenvalue weighted by molar-refractivity contribution is 0.0539. The van der Waals surface area contributed by atoms with Crippen LogP contribution < -0.4 is 0 Å². The Hall–Kier alpha value is -3.12. The molecule has 3 rings (SSSR count). The lowest BCUT2D eigenvalue weighted by Gasteiger charge is -2.32. The number of aliphatic hydroxyl groups is 2. The van der Waals surface area contributed by atoms with E-state index in [1.54, 1.807) is 24.3 Å². The van der Waals surface area contributed by atoms with E-state index in [1.807, 2.05) is 6.07 Å². The van der Waals surface area contributed by atoms with Gasteiger partial charge in [0.05, 0.1) is 0 Å². The summed E-state index contributed by atoms with van der Waals surface area (Å²) in [6.45, 7) is 0. The zero-order valence-electron chi connectivity index (χ0n) is 12.6. The maximum Gasteiger partial charge on any atom is 0.168 e. The van der Waals surface area contributed by atoms with Gasteiger partial charge in [0, 0.05) is 0 Å². The highest BCUT2D eigenvalue weighted by molar-refractivity contribution is 5.60. The first kappa shape index (κ1) is 15.8. The second-order valence-electron chi connectivity index (χ2n) is 5.40. The highest BCUT2D eigenvalue weighted by Gasteiger charge is 2.41. The van der Waals surface area contributed by atoms with E-state index in [4.69, 9.17) is 0 Å². The molecular formula is C18H16N2O4. The van der Waals surface area contributed by atoms with Crippen molar-refractivity contribution in [3.8, 4) is 11.5 Å². The topological polar surface area (TPSA) is 106 Å². The van der Waals surface area contributed by atoms with Gasteiger partial charge >= 0.3 is 0 Å². The van der Waals surface area contributed by atoms with Gasteiger partial charge in [-0.25, -0.2) is 0 Å². The molecule has 4 N–H and O–H groups in total. The van der Waals surface area contributed by atoms with E-state index in [0.717, 1.165) is 0 Å². The van der Waals surface area contributed by atoms with E-state index in [1.165, 1.54) is 36.4 Å². The van der Waals surface area contributed by atoms with Crippen molar-refractivity contribution < 1.29 is 20.4 Å². The van der Waals surface area contributed by atoms with E-state index in [-0.39, 0.29) is 22.9 Å². The molecule has 6 heteroatoms. The summed E-state index contributed by atoms with van der Waals surface area (Å²) >= 11 is 0. The molecule has 2 aromatic carbocycles. The average Bonchev–Trinajstić information content (AvgIpc) is 2.57. The maximum absolute atomic E-state index is 11.0. The fourth-order valence-electron chi connectivity index (χ4n) is 2.54. The van der Waals surface area contributed by atoms with Crippen LogP contribution in [0.1, 0.15) is 5.56 Å². The molecule has 2 atom stereocenters. The summed E-state index contributed by atoms with van der Waals surface area (Å²) in [5.74, 6) is -0.684. The number of hydrogen-bond acceptors (Lipinski definition) is 6. The number of phenolic OH excluding ortho intramolecular Hbond substituents is 2. The third kappa shape index (κ3) is 2.75. The normalized spacial score (nSPS) is 23.4. The van der Waals surface area contributed by atoms with Crippen LogP contribution in [0.3, 0.4) is 0 Å². The average molecular weight is 324 g/mol. The SMILES string of the molecule is OC1=CC=CC(O)(c2ccccc2)C1N=Nc1c(O)cccc1O. The number of aliphatic hydroxyl groups excluding tert-OH is 1. The second-order valence-corrected chi connectivity index (χ2v) is 5.40.